The van der Waals surface area contributed by atoms with E-state index in [1.807, 2.05) is 0 Å². The van der Waals surface area contributed by atoms with E-state index in [1.54, 1.807) is 0 Å². The topological polar surface area (TPSA) is 214 Å². The second-order valence-electron chi connectivity index (χ2n) is 21.5. The minimum atomic E-state index is -1.72. The molecule has 11 atom stereocenters. The number of hydrogen-bond acceptors (Lipinski definition) is 14. The lowest BCUT2D eigenvalue weighted by Gasteiger charge is -2.42. The highest BCUT2D eigenvalue weighted by Crippen LogP contribution is 2.27. The van der Waals surface area contributed by atoms with Gasteiger partial charge in [0.15, 0.2) is 12.6 Å². The third kappa shape index (κ3) is 37.1. The van der Waals surface area contributed by atoms with Crippen molar-refractivity contribution in [3.8, 4) is 0 Å². The maximum absolute atomic E-state index is 13.1. The molecule has 2 heterocycles. The summed E-state index contributed by atoms with van der Waals surface area (Å²) in [5.74, 6) is -0.392. The lowest BCUT2D eigenvalue weighted by Crippen LogP contribution is -2.61. The zero-order chi connectivity index (χ0) is 57.2. The Labute approximate surface area is 478 Å². The molecule has 2 saturated heterocycles. The van der Waals surface area contributed by atoms with Gasteiger partial charge in [0.2, 0.25) is 0 Å². The van der Waals surface area contributed by atoms with Crippen molar-refractivity contribution in [2.45, 2.75) is 287 Å². The summed E-state index contributed by atoms with van der Waals surface area (Å²) in [7, 11) is 0. The Balaban J connectivity index is 1.69. The first-order valence-corrected chi connectivity index (χ1v) is 31.2. The van der Waals surface area contributed by atoms with Crippen LogP contribution in [0.25, 0.3) is 0 Å². The third-order valence-corrected chi connectivity index (χ3v) is 14.4. The molecule has 14 nitrogen and oxygen atoms in total. The Kier molecular flexibility index (Phi) is 46.5. The highest BCUT2D eigenvalue weighted by Gasteiger charge is 2.47. The van der Waals surface area contributed by atoms with Gasteiger partial charge in [0.1, 0.15) is 54.9 Å². The zero-order valence-electron chi connectivity index (χ0n) is 49.1. The molecule has 0 aromatic rings. The highest BCUT2D eigenvalue weighted by molar-refractivity contribution is 5.69. The van der Waals surface area contributed by atoms with E-state index in [1.165, 1.54) is 96.3 Å². The predicted molar refractivity (Wildman–Crippen MR) is 316 cm³/mol. The van der Waals surface area contributed by atoms with Crippen molar-refractivity contribution in [2.75, 3.05) is 33.0 Å². The molecule has 0 aromatic carbocycles. The lowest BCUT2D eigenvalue weighted by atomic mass is 9.98. The van der Waals surface area contributed by atoms with Gasteiger partial charge in [-0.15, -0.1) is 0 Å². The fourth-order valence-corrected chi connectivity index (χ4v) is 9.40. The molecule has 456 valence electrons. The molecule has 11 unspecified atom stereocenters. The Morgan fingerprint density at radius 2 is 0.823 bits per heavy atom. The van der Waals surface area contributed by atoms with Gasteiger partial charge >= 0.3 is 5.97 Å². The van der Waals surface area contributed by atoms with Crippen molar-refractivity contribution < 1.29 is 69.0 Å². The van der Waals surface area contributed by atoms with Gasteiger partial charge in [-0.25, -0.2) is 0 Å². The summed E-state index contributed by atoms with van der Waals surface area (Å²) in [6.07, 6.45) is 50.7. The van der Waals surface area contributed by atoms with Gasteiger partial charge in [0.05, 0.1) is 26.4 Å². The summed E-state index contributed by atoms with van der Waals surface area (Å²) in [5, 5.41) is 72.5. The molecule has 0 radical (unpaired) electrons. The standard InChI is InChI=1S/C65H112O14/c1-3-5-7-9-11-13-15-17-19-21-23-24-25-26-27-28-29-31-33-35-37-39-41-43-45-47-49-74-51-54(77-57(67)48-46-44-42-40-38-36-34-32-30-22-20-18-16-14-12-10-8-6-4-2)52-75-64-63(73)61(71)59(69)56(79-64)53-76-65-62(72)60(70)58(68)55(50-66)78-65/h6,8,12,14-15,17-18,20-21,23,25-26,30,32,54-56,58-66,68-73H,3-5,7,9-11,13,16,19,22,24,27-29,31,33-53H2,1-2H3/b8-6-,14-12-,17-15-,20-18-,23-21-,26-25-,32-30-. The van der Waals surface area contributed by atoms with Crippen LogP contribution >= 0.6 is 0 Å². The summed E-state index contributed by atoms with van der Waals surface area (Å²) in [5.41, 5.74) is 0. The van der Waals surface area contributed by atoms with E-state index in [0.29, 0.717) is 13.0 Å². The number of allylic oxidation sites excluding steroid dienone is 14. The number of unbranched alkanes of at least 4 members (excludes halogenated alkanes) is 22. The van der Waals surface area contributed by atoms with Crippen molar-refractivity contribution in [3.05, 3.63) is 85.1 Å². The summed E-state index contributed by atoms with van der Waals surface area (Å²) >= 11 is 0. The number of carbonyl (C=O) groups is 1. The fourth-order valence-electron chi connectivity index (χ4n) is 9.40. The maximum Gasteiger partial charge on any atom is 0.306 e. The van der Waals surface area contributed by atoms with Gasteiger partial charge in [0, 0.05) is 13.0 Å². The van der Waals surface area contributed by atoms with E-state index in [-0.39, 0.29) is 19.6 Å². The molecule has 0 amide bonds. The van der Waals surface area contributed by atoms with E-state index in [0.717, 1.165) is 96.3 Å². The van der Waals surface area contributed by atoms with Crippen LogP contribution in [0, 0.1) is 0 Å². The van der Waals surface area contributed by atoms with Crippen LogP contribution in [0.3, 0.4) is 0 Å². The quantitative estimate of drug-likeness (QED) is 0.0172. The normalized spacial score (nSPS) is 24.6. The first-order chi connectivity index (χ1) is 38.6. The van der Waals surface area contributed by atoms with Crippen molar-refractivity contribution in [1.29, 1.82) is 0 Å². The molecule has 2 rings (SSSR count). The van der Waals surface area contributed by atoms with Crippen molar-refractivity contribution in [3.63, 3.8) is 0 Å². The molecule has 2 fully saturated rings. The van der Waals surface area contributed by atoms with Crippen LogP contribution in [0.4, 0.5) is 0 Å². The minimum absolute atomic E-state index is 0.0493. The Bertz CT molecular complexity index is 1630. The van der Waals surface area contributed by atoms with E-state index < -0.39 is 86.7 Å². The first kappa shape index (κ1) is 72.3. The molecular weight excluding hydrogens is 1000 g/mol. The average molecular weight is 1120 g/mol. The Hall–Kier alpha value is -2.83. The molecular formula is C65H112O14. The maximum atomic E-state index is 13.1. The summed E-state index contributed by atoms with van der Waals surface area (Å²) in [6.45, 7) is 3.55. The fraction of sp³-hybridized carbons (Fsp3) is 0.769. The number of aliphatic hydroxyl groups is 7. The molecule has 79 heavy (non-hydrogen) atoms. The van der Waals surface area contributed by atoms with Crippen LogP contribution in [-0.2, 0) is 33.2 Å². The van der Waals surface area contributed by atoms with Crippen LogP contribution in [0.1, 0.15) is 219 Å². The zero-order valence-corrected chi connectivity index (χ0v) is 49.1. The molecule has 14 heteroatoms. The van der Waals surface area contributed by atoms with Gasteiger partial charge < -0.3 is 64.2 Å². The molecule has 0 saturated carbocycles. The third-order valence-electron chi connectivity index (χ3n) is 14.4. The van der Waals surface area contributed by atoms with Crippen molar-refractivity contribution in [1.82, 2.24) is 0 Å². The van der Waals surface area contributed by atoms with Crippen molar-refractivity contribution >= 4 is 5.97 Å². The number of esters is 1. The molecule has 0 bridgehead atoms. The van der Waals surface area contributed by atoms with Gasteiger partial charge in [0.25, 0.3) is 0 Å². The summed E-state index contributed by atoms with van der Waals surface area (Å²) in [6, 6.07) is 0. The minimum Gasteiger partial charge on any atom is -0.457 e. The van der Waals surface area contributed by atoms with Gasteiger partial charge in [-0.05, 0) is 89.9 Å². The number of rotatable bonds is 50. The van der Waals surface area contributed by atoms with Crippen LogP contribution in [0.15, 0.2) is 85.1 Å². The van der Waals surface area contributed by atoms with Crippen LogP contribution in [0.5, 0.6) is 0 Å². The van der Waals surface area contributed by atoms with E-state index in [9.17, 15) is 40.5 Å². The van der Waals surface area contributed by atoms with E-state index in [4.69, 9.17) is 28.4 Å². The van der Waals surface area contributed by atoms with Crippen LogP contribution in [-0.4, -0.2) is 142 Å². The van der Waals surface area contributed by atoms with Crippen LogP contribution in [0.2, 0.25) is 0 Å². The average Bonchev–Trinajstić information content (AvgIpc) is 3.46. The van der Waals surface area contributed by atoms with Gasteiger partial charge in [-0.3, -0.25) is 4.79 Å². The molecule has 0 spiro atoms. The van der Waals surface area contributed by atoms with Gasteiger partial charge in [-0.1, -0.05) is 208 Å². The molecule has 2 aliphatic heterocycles. The second kappa shape index (κ2) is 50.9. The summed E-state index contributed by atoms with van der Waals surface area (Å²) < 4.78 is 34.4. The lowest BCUT2D eigenvalue weighted by molar-refractivity contribution is -0.332. The molecule has 0 aromatic heterocycles. The largest absolute Gasteiger partial charge is 0.457 e. The SMILES string of the molecule is CC/C=C\C/C=C\C/C=C\C/C=C\CCCCCCCCC(=O)OC(COCCCCCCCCCCCCC/C=C\C/C=C\C/C=C\CCCCCCC)COC1OC(COC2OC(CO)C(O)C(O)C2O)C(O)C(O)C1O. The van der Waals surface area contributed by atoms with E-state index >= 15 is 0 Å². The van der Waals surface area contributed by atoms with E-state index in [2.05, 4.69) is 98.9 Å². The molecule has 7 N–H and O–H groups in total. The second-order valence-corrected chi connectivity index (χ2v) is 21.5. The molecule has 0 aliphatic carbocycles. The predicted octanol–water partition coefficient (Wildman–Crippen LogP) is 12.0. The smallest absolute Gasteiger partial charge is 0.306 e. The Morgan fingerprint density at radius 1 is 0.430 bits per heavy atom. The highest BCUT2D eigenvalue weighted by atomic mass is 16.7. The monoisotopic (exact) mass is 1120 g/mol. The number of carbonyl (C=O) groups excluding carboxylic acids is 1. The number of hydrogen-bond donors (Lipinski definition) is 7. The van der Waals surface area contributed by atoms with Gasteiger partial charge in [-0.2, -0.15) is 0 Å². The number of ether oxygens (including phenoxy) is 6. The molecule has 2 aliphatic rings. The summed E-state index contributed by atoms with van der Waals surface area (Å²) in [4.78, 5) is 13.1. The Morgan fingerprint density at radius 3 is 1.29 bits per heavy atom. The van der Waals surface area contributed by atoms with Crippen LogP contribution < -0.4 is 0 Å². The first-order valence-electron chi connectivity index (χ1n) is 31.2. The number of aliphatic hydroxyl groups excluding tert-OH is 7. The van der Waals surface area contributed by atoms with Crippen molar-refractivity contribution in [2.24, 2.45) is 0 Å².